The number of nitrogens with zero attached hydrogens (tertiary/aromatic N) is 2. The van der Waals surface area contributed by atoms with E-state index in [1.807, 2.05) is 4.90 Å². The van der Waals surface area contributed by atoms with Crippen molar-refractivity contribution in [1.29, 1.82) is 0 Å². The Morgan fingerprint density at radius 2 is 1.86 bits per heavy atom. The molecule has 0 spiro atoms. The van der Waals surface area contributed by atoms with Gasteiger partial charge in [0.1, 0.15) is 5.75 Å². The second-order valence-corrected chi connectivity index (χ2v) is 6.67. The van der Waals surface area contributed by atoms with Crippen molar-refractivity contribution in [3.63, 3.8) is 0 Å². The third-order valence-corrected chi connectivity index (χ3v) is 4.85. The maximum atomic E-state index is 11.9. The van der Waals surface area contributed by atoms with Crippen molar-refractivity contribution in [3.8, 4) is 5.75 Å². The van der Waals surface area contributed by atoms with E-state index in [1.54, 1.807) is 25.1 Å². The van der Waals surface area contributed by atoms with Gasteiger partial charge in [0.05, 0.1) is 10.0 Å². The van der Waals surface area contributed by atoms with Gasteiger partial charge in [-0.1, -0.05) is 23.2 Å². The predicted molar refractivity (Wildman–Crippen MR) is 88.4 cm³/mol. The van der Waals surface area contributed by atoms with Gasteiger partial charge in [0, 0.05) is 44.9 Å². The number of nitrogens with two attached hydrogens (primary N) is 1. The number of aromatic hydroxyl groups is 1. The lowest BCUT2D eigenvalue weighted by atomic mass is 9.85. The number of amides is 2. The predicted octanol–water partition coefficient (Wildman–Crippen LogP) is 3.09. The topological polar surface area (TPSA) is 69.8 Å². The molecule has 1 heterocycles. The number of hydrogen-bond donors (Lipinski definition) is 2. The van der Waals surface area contributed by atoms with Gasteiger partial charge in [-0.15, -0.1) is 0 Å². The van der Waals surface area contributed by atoms with Crippen LogP contribution in [0.1, 0.15) is 24.4 Å². The van der Waals surface area contributed by atoms with Gasteiger partial charge in [0.2, 0.25) is 0 Å². The number of urea groups is 1. The summed E-state index contributed by atoms with van der Waals surface area (Å²) in [6.45, 7) is 1.33. The Hall–Kier alpha value is -1.17. The van der Waals surface area contributed by atoms with E-state index in [9.17, 15) is 9.90 Å². The molecule has 1 saturated heterocycles. The second kappa shape index (κ2) is 6.94. The van der Waals surface area contributed by atoms with Gasteiger partial charge < -0.3 is 20.6 Å². The van der Waals surface area contributed by atoms with Crippen LogP contribution in [0.3, 0.4) is 0 Å². The largest absolute Gasteiger partial charge is 0.508 e. The molecule has 1 unspecified atom stereocenters. The van der Waals surface area contributed by atoms with Crippen LogP contribution in [0.5, 0.6) is 5.75 Å². The van der Waals surface area contributed by atoms with Gasteiger partial charge in [0.15, 0.2) is 0 Å². The summed E-state index contributed by atoms with van der Waals surface area (Å²) in [5.41, 5.74) is 6.90. The molecule has 1 aliphatic heterocycles. The smallest absolute Gasteiger partial charge is 0.319 e. The number of piperidine rings is 1. The number of rotatable bonds is 2. The third-order valence-electron chi connectivity index (χ3n) is 4.13. The van der Waals surface area contributed by atoms with Gasteiger partial charge >= 0.3 is 6.03 Å². The maximum absolute atomic E-state index is 11.9. The lowest BCUT2D eigenvalue weighted by molar-refractivity contribution is 0.141. The molecule has 122 valence electrons. The lowest BCUT2D eigenvalue weighted by Gasteiger charge is -2.36. The van der Waals surface area contributed by atoms with Crippen molar-refractivity contribution in [2.24, 2.45) is 11.7 Å². The minimum atomic E-state index is -0.327. The maximum Gasteiger partial charge on any atom is 0.319 e. The number of phenolic OH excluding ortho intramolecular Hbond substituents is 1. The number of hydrogen-bond acceptors (Lipinski definition) is 3. The van der Waals surface area contributed by atoms with Crippen LogP contribution in [0.25, 0.3) is 0 Å². The minimum absolute atomic E-state index is 0.0180. The van der Waals surface area contributed by atoms with E-state index in [2.05, 4.69) is 0 Å². The molecule has 1 aromatic rings. The van der Waals surface area contributed by atoms with Crippen LogP contribution in [0, 0.1) is 5.92 Å². The molecule has 2 rings (SSSR count). The Bertz CT molecular complexity index is 558. The molecule has 3 N–H and O–H groups in total. The first-order valence-corrected chi connectivity index (χ1v) is 7.96. The number of halogens is 2. The molecule has 1 fully saturated rings. The zero-order chi connectivity index (χ0) is 16.4. The van der Waals surface area contributed by atoms with E-state index >= 15 is 0 Å². The summed E-state index contributed by atoms with van der Waals surface area (Å²) in [4.78, 5) is 15.3. The average Bonchev–Trinajstić information content (AvgIpc) is 2.49. The molecule has 0 aromatic heterocycles. The summed E-state index contributed by atoms with van der Waals surface area (Å²) >= 11 is 11.9. The van der Waals surface area contributed by atoms with Crippen LogP contribution in [-0.2, 0) is 0 Å². The molecular formula is C15H21Cl2N3O2. The SMILES string of the molecule is CN(C)C(=O)N1CCC(C(N)c2cc(Cl)c(Cl)cc2O)CC1. The van der Waals surface area contributed by atoms with E-state index in [1.165, 1.54) is 6.07 Å². The first kappa shape index (κ1) is 17.2. The molecule has 1 aromatic carbocycles. The van der Waals surface area contributed by atoms with E-state index in [4.69, 9.17) is 28.9 Å². The molecular weight excluding hydrogens is 325 g/mol. The van der Waals surface area contributed by atoms with Gasteiger partial charge in [-0.3, -0.25) is 0 Å². The van der Waals surface area contributed by atoms with E-state index < -0.39 is 0 Å². The summed E-state index contributed by atoms with van der Waals surface area (Å²) in [7, 11) is 3.49. The van der Waals surface area contributed by atoms with Gasteiger partial charge in [-0.25, -0.2) is 4.79 Å². The third kappa shape index (κ3) is 3.59. The summed E-state index contributed by atoms with van der Waals surface area (Å²) in [6, 6.07) is 2.74. The first-order valence-electron chi connectivity index (χ1n) is 7.21. The highest BCUT2D eigenvalue weighted by Gasteiger charge is 2.29. The quantitative estimate of drug-likeness (QED) is 0.865. The van der Waals surface area contributed by atoms with Crippen LogP contribution in [0.2, 0.25) is 10.0 Å². The average molecular weight is 346 g/mol. The Balaban J connectivity index is 2.05. The van der Waals surface area contributed by atoms with Crippen molar-refractivity contribution in [2.45, 2.75) is 18.9 Å². The number of carbonyl (C=O) groups excluding carboxylic acids is 1. The van der Waals surface area contributed by atoms with Crippen LogP contribution in [0.4, 0.5) is 4.79 Å². The number of likely N-dealkylation sites (tertiary alicyclic amines) is 1. The molecule has 1 aliphatic rings. The fourth-order valence-corrected chi connectivity index (χ4v) is 3.14. The van der Waals surface area contributed by atoms with Gasteiger partial charge in [-0.05, 0) is 24.8 Å². The fourth-order valence-electron chi connectivity index (χ4n) is 2.81. The molecule has 7 heteroatoms. The standard InChI is InChI=1S/C15H21Cl2N3O2/c1-19(2)15(22)20-5-3-9(4-6-20)14(18)10-7-11(16)12(17)8-13(10)21/h7-9,14,21H,3-6,18H2,1-2H3. The van der Waals surface area contributed by atoms with Crippen molar-refractivity contribution in [1.82, 2.24) is 9.80 Å². The van der Waals surface area contributed by atoms with Gasteiger partial charge in [0.25, 0.3) is 0 Å². The summed E-state index contributed by atoms with van der Waals surface area (Å²) in [5, 5.41) is 10.7. The van der Waals surface area contributed by atoms with Gasteiger partial charge in [-0.2, -0.15) is 0 Å². The number of benzene rings is 1. The zero-order valence-corrected chi connectivity index (χ0v) is 14.2. The summed E-state index contributed by atoms with van der Waals surface area (Å²) in [6.07, 6.45) is 1.58. The highest BCUT2D eigenvalue weighted by atomic mass is 35.5. The monoisotopic (exact) mass is 345 g/mol. The Labute approximate surface area is 140 Å². The Morgan fingerprint density at radius 1 is 1.32 bits per heavy atom. The molecule has 0 aliphatic carbocycles. The number of carbonyl (C=O) groups is 1. The van der Waals surface area contributed by atoms with Crippen molar-refractivity contribution < 1.29 is 9.90 Å². The lowest BCUT2D eigenvalue weighted by Crippen LogP contribution is -2.45. The van der Waals surface area contributed by atoms with E-state index in [0.29, 0.717) is 28.7 Å². The molecule has 0 radical (unpaired) electrons. The molecule has 0 bridgehead atoms. The van der Waals surface area contributed by atoms with Crippen LogP contribution >= 0.6 is 23.2 Å². The normalized spacial score (nSPS) is 17.4. The van der Waals surface area contributed by atoms with Crippen LogP contribution in [-0.4, -0.2) is 48.1 Å². The van der Waals surface area contributed by atoms with E-state index in [-0.39, 0.29) is 23.7 Å². The van der Waals surface area contributed by atoms with E-state index in [0.717, 1.165) is 12.8 Å². The zero-order valence-electron chi connectivity index (χ0n) is 12.7. The molecule has 5 nitrogen and oxygen atoms in total. The summed E-state index contributed by atoms with van der Waals surface area (Å²) < 4.78 is 0. The Morgan fingerprint density at radius 3 is 2.41 bits per heavy atom. The summed E-state index contributed by atoms with van der Waals surface area (Å²) in [5.74, 6) is 0.253. The minimum Gasteiger partial charge on any atom is -0.508 e. The fraction of sp³-hybridized carbons (Fsp3) is 0.533. The highest BCUT2D eigenvalue weighted by molar-refractivity contribution is 6.42. The molecule has 22 heavy (non-hydrogen) atoms. The van der Waals surface area contributed by atoms with Crippen molar-refractivity contribution in [3.05, 3.63) is 27.7 Å². The first-order chi connectivity index (χ1) is 10.3. The second-order valence-electron chi connectivity index (χ2n) is 5.85. The van der Waals surface area contributed by atoms with Crippen molar-refractivity contribution >= 4 is 29.2 Å². The Kier molecular flexibility index (Phi) is 5.42. The highest BCUT2D eigenvalue weighted by Crippen LogP contribution is 2.37. The van der Waals surface area contributed by atoms with Crippen LogP contribution < -0.4 is 5.73 Å². The molecule has 2 amide bonds. The molecule has 0 saturated carbocycles. The van der Waals surface area contributed by atoms with Crippen LogP contribution in [0.15, 0.2) is 12.1 Å². The number of phenols is 1. The molecule has 1 atom stereocenters. The van der Waals surface area contributed by atoms with Crippen molar-refractivity contribution in [2.75, 3.05) is 27.2 Å².